The fraction of sp³-hybridized carbons (Fsp3) is 0.435. The maximum atomic E-state index is 12.7. The van der Waals surface area contributed by atoms with Crippen LogP contribution in [0.25, 0.3) is 0 Å². The molecule has 1 amide bonds. The van der Waals surface area contributed by atoms with E-state index in [-0.39, 0.29) is 5.91 Å². The zero-order chi connectivity index (χ0) is 22.6. The molecule has 1 aromatic carbocycles. The molecule has 1 saturated heterocycles. The Kier molecular flexibility index (Phi) is 6.56. The Bertz CT molecular complexity index is 1060. The van der Waals surface area contributed by atoms with E-state index in [1.165, 1.54) is 11.3 Å². The number of nitrogens with one attached hydrogen (secondary N) is 1. The molecule has 10 heteroatoms. The van der Waals surface area contributed by atoms with Gasteiger partial charge >= 0.3 is 0 Å². The van der Waals surface area contributed by atoms with E-state index in [1.54, 1.807) is 13.2 Å². The molecule has 0 saturated carbocycles. The number of fused-ring (bicyclic) bond motifs is 3. The molecule has 5 rings (SSSR count). The summed E-state index contributed by atoms with van der Waals surface area (Å²) in [4.78, 5) is 26.4. The molecule has 1 aromatic heterocycles. The van der Waals surface area contributed by atoms with E-state index >= 15 is 0 Å². The van der Waals surface area contributed by atoms with Crippen molar-refractivity contribution in [1.82, 2.24) is 15.1 Å². The summed E-state index contributed by atoms with van der Waals surface area (Å²) in [6.45, 7) is 6.38. The van der Waals surface area contributed by atoms with Gasteiger partial charge in [0.1, 0.15) is 11.5 Å². The van der Waals surface area contributed by atoms with Crippen LogP contribution in [-0.4, -0.2) is 87.2 Å². The van der Waals surface area contributed by atoms with Gasteiger partial charge in [-0.3, -0.25) is 24.9 Å². The van der Waals surface area contributed by atoms with Gasteiger partial charge in [-0.2, -0.15) is 11.3 Å². The average molecular weight is 470 g/mol. The number of amidine groups is 1. The van der Waals surface area contributed by atoms with Gasteiger partial charge in [0.2, 0.25) is 5.96 Å². The molecule has 1 fully saturated rings. The number of hydrogen-bond donors (Lipinski definition) is 1. The number of ether oxygens (including phenoxy) is 3. The first-order chi connectivity index (χ1) is 16.2. The molecular formula is C23H27N5O4S. The minimum Gasteiger partial charge on any atom is -0.491 e. The number of amides is 1. The second-order valence-electron chi connectivity index (χ2n) is 7.91. The van der Waals surface area contributed by atoms with E-state index in [0.29, 0.717) is 48.4 Å². The lowest BCUT2D eigenvalue weighted by atomic mass is 10.1. The largest absolute Gasteiger partial charge is 0.491 e. The number of guanidine groups is 1. The van der Waals surface area contributed by atoms with Crippen molar-refractivity contribution >= 4 is 34.7 Å². The van der Waals surface area contributed by atoms with Gasteiger partial charge in [-0.25, -0.2) is 4.99 Å². The summed E-state index contributed by atoms with van der Waals surface area (Å²) in [5.74, 6) is 2.24. The van der Waals surface area contributed by atoms with Gasteiger partial charge in [0.05, 0.1) is 39.0 Å². The summed E-state index contributed by atoms with van der Waals surface area (Å²) in [6, 6.07) is 5.67. The van der Waals surface area contributed by atoms with Crippen LogP contribution >= 0.6 is 11.3 Å². The van der Waals surface area contributed by atoms with E-state index < -0.39 is 0 Å². The Hall–Kier alpha value is -2.95. The highest BCUT2D eigenvalue weighted by Crippen LogP contribution is 2.43. The summed E-state index contributed by atoms with van der Waals surface area (Å²) in [6.07, 6.45) is 0.909. The first-order valence-electron chi connectivity index (χ1n) is 11.1. The van der Waals surface area contributed by atoms with Crippen LogP contribution in [0.15, 0.2) is 38.9 Å². The molecule has 3 aliphatic rings. The monoisotopic (exact) mass is 469 g/mol. The normalized spacial score (nSPS) is 17.7. The topological polar surface area (TPSA) is 88.0 Å². The van der Waals surface area contributed by atoms with Crippen LogP contribution in [-0.2, 0) is 4.74 Å². The predicted molar refractivity (Wildman–Crippen MR) is 127 cm³/mol. The highest BCUT2D eigenvalue weighted by molar-refractivity contribution is 7.08. The van der Waals surface area contributed by atoms with Gasteiger partial charge in [-0.1, -0.05) is 0 Å². The third-order valence-electron chi connectivity index (χ3n) is 5.84. The van der Waals surface area contributed by atoms with E-state index in [2.05, 4.69) is 15.2 Å². The molecule has 0 aliphatic carbocycles. The van der Waals surface area contributed by atoms with Gasteiger partial charge < -0.3 is 14.2 Å². The Labute approximate surface area is 196 Å². The first kappa shape index (κ1) is 21.9. The smallest absolute Gasteiger partial charge is 0.258 e. The van der Waals surface area contributed by atoms with E-state index in [0.717, 1.165) is 50.7 Å². The van der Waals surface area contributed by atoms with Gasteiger partial charge in [-0.05, 0) is 30.0 Å². The van der Waals surface area contributed by atoms with E-state index in [1.807, 2.05) is 27.8 Å². The zero-order valence-electron chi connectivity index (χ0n) is 18.6. The number of nitrogens with zero attached hydrogens (tertiary/aromatic N) is 4. The van der Waals surface area contributed by atoms with Crippen molar-refractivity contribution in [3.05, 3.63) is 40.1 Å². The summed E-state index contributed by atoms with van der Waals surface area (Å²) in [5, 5.41) is 6.63. The number of carbonyl (C=O) groups excluding carboxylic acids is 1. The number of aliphatic imine (C=N–C) groups is 2. The van der Waals surface area contributed by atoms with Crippen molar-refractivity contribution in [2.75, 3.05) is 59.7 Å². The van der Waals surface area contributed by atoms with E-state index in [9.17, 15) is 4.79 Å². The Balaban J connectivity index is 1.35. The van der Waals surface area contributed by atoms with Crippen LogP contribution in [0.2, 0.25) is 0 Å². The minimum atomic E-state index is -0.195. The maximum absolute atomic E-state index is 12.7. The predicted octanol–water partition coefficient (Wildman–Crippen LogP) is 2.35. The highest BCUT2D eigenvalue weighted by Gasteiger charge is 2.33. The summed E-state index contributed by atoms with van der Waals surface area (Å²) < 4.78 is 17.2. The van der Waals surface area contributed by atoms with Crippen LogP contribution < -0.4 is 14.8 Å². The molecule has 1 N–H and O–H groups in total. The molecular weight excluding hydrogens is 442 g/mol. The van der Waals surface area contributed by atoms with Crippen LogP contribution in [0, 0.1) is 0 Å². The van der Waals surface area contributed by atoms with Crippen molar-refractivity contribution in [2.45, 2.75) is 6.42 Å². The average Bonchev–Trinajstić information content (AvgIpc) is 3.55. The molecule has 0 atom stereocenters. The summed E-state index contributed by atoms with van der Waals surface area (Å²) in [5.41, 5.74) is 2.11. The van der Waals surface area contributed by atoms with Crippen molar-refractivity contribution < 1.29 is 19.0 Å². The van der Waals surface area contributed by atoms with Crippen molar-refractivity contribution in [1.29, 1.82) is 0 Å². The van der Waals surface area contributed by atoms with Crippen LogP contribution in [0.1, 0.15) is 22.3 Å². The second kappa shape index (κ2) is 9.90. The number of benzene rings is 1. The fourth-order valence-electron chi connectivity index (χ4n) is 4.16. The molecule has 33 heavy (non-hydrogen) atoms. The van der Waals surface area contributed by atoms with E-state index in [4.69, 9.17) is 19.2 Å². The van der Waals surface area contributed by atoms with Gasteiger partial charge in [-0.15, -0.1) is 0 Å². The molecule has 9 nitrogen and oxygen atoms in total. The molecule has 4 heterocycles. The number of rotatable bonds is 7. The number of carbonyl (C=O) groups is 1. The first-order valence-corrected chi connectivity index (χ1v) is 12.1. The molecule has 174 valence electrons. The Morgan fingerprint density at radius 1 is 1.24 bits per heavy atom. The molecule has 0 radical (unpaired) electrons. The quantitative estimate of drug-likeness (QED) is 0.627. The number of hydrogen-bond acceptors (Lipinski definition) is 9. The second-order valence-corrected chi connectivity index (χ2v) is 8.69. The Morgan fingerprint density at radius 3 is 2.91 bits per heavy atom. The summed E-state index contributed by atoms with van der Waals surface area (Å²) in [7, 11) is 1.61. The number of thiophene rings is 1. The standard InChI is InChI=1S/C23H27N5O4S/c1-30-20-18(32-11-2-7-27-9-12-31-13-10-27)4-3-17-19(20)25-23(28-8-6-24-21(17)28)26-22(29)16-5-14-33-15-16/h3-5,14-15H,2,6-13H2,1H3,(H,25,26,29). The third-order valence-corrected chi connectivity index (χ3v) is 6.53. The lowest BCUT2D eigenvalue weighted by Crippen LogP contribution is -2.47. The molecule has 0 bridgehead atoms. The number of methoxy groups -OCH3 is 1. The fourth-order valence-corrected chi connectivity index (χ4v) is 4.80. The molecule has 0 unspecified atom stereocenters. The van der Waals surface area contributed by atoms with Crippen molar-refractivity contribution in [2.24, 2.45) is 9.98 Å². The lowest BCUT2D eigenvalue weighted by Gasteiger charge is -2.28. The molecule has 2 aromatic rings. The van der Waals surface area contributed by atoms with Gasteiger partial charge in [0, 0.05) is 37.1 Å². The van der Waals surface area contributed by atoms with Crippen LogP contribution in [0.5, 0.6) is 11.5 Å². The Morgan fingerprint density at radius 2 is 2.12 bits per heavy atom. The third kappa shape index (κ3) is 4.59. The van der Waals surface area contributed by atoms with Crippen molar-refractivity contribution in [3.8, 4) is 11.5 Å². The number of morpholine rings is 1. The highest BCUT2D eigenvalue weighted by atomic mass is 32.1. The SMILES string of the molecule is COc1c(OCCCN2CCOCC2)ccc2c1N=C(NC(=O)c1ccsc1)N1CCN=C21. The summed E-state index contributed by atoms with van der Waals surface area (Å²) >= 11 is 1.48. The van der Waals surface area contributed by atoms with Gasteiger partial charge in [0.15, 0.2) is 11.5 Å². The van der Waals surface area contributed by atoms with Crippen LogP contribution in [0.3, 0.4) is 0 Å². The minimum absolute atomic E-state index is 0.195. The maximum Gasteiger partial charge on any atom is 0.258 e. The van der Waals surface area contributed by atoms with Crippen molar-refractivity contribution in [3.63, 3.8) is 0 Å². The van der Waals surface area contributed by atoms with Crippen LogP contribution in [0.4, 0.5) is 5.69 Å². The molecule has 0 spiro atoms. The molecule has 3 aliphatic heterocycles. The zero-order valence-corrected chi connectivity index (χ0v) is 19.4. The lowest BCUT2D eigenvalue weighted by molar-refractivity contribution is 0.0357. The van der Waals surface area contributed by atoms with Gasteiger partial charge in [0.25, 0.3) is 5.91 Å².